The predicted octanol–water partition coefficient (Wildman–Crippen LogP) is 8.74. The quantitative estimate of drug-likeness (QED) is 0.0217. The fourth-order valence-electron chi connectivity index (χ4n) is 5.42. The summed E-state index contributed by atoms with van der Waals surface area (Å²) in [7, 11) is 5.38. The number of carbonyl (C=O) groups is 3. The first-order valence-corrected chi connectivity index (χ1v) is 19.7. The van der Waals surface area contributed by atoms with E-state index in [1.807, 2.05) is 12.2 Å². The first kappa shape index (κ1) is 47.3. The van der Waals surface area contributed by atoms with Crippen LogP contribution in [0.3, 0.4) is 0 Å². The average Bonchev–Trinajstić information content (AvgIpc) is 3.06. The molecule has 0 aliphatic carbocycles. The van der Waals surface area contributed by atoms with Gasteiger partial charge in [-0.15, -0.1) is 0 Å². The largest absolute Gasteiger partial charge is 0.544 e. The number of likely N-dealkylation sites (N-methyl/N-ethyl adjacent to an activating group) is 1. The highest BCUT2D eigenvalue weighted by Crippen LogP contribution is 2.12. The molecule has 0 aliphatic heterocycles. The molecular weight excluding hydrogens is 630 g/mol. The van der Waals surface area contributed by atoms with Crippen molar-refractivity contribution in [3.63, 3.8) is 0 Å². The molecule has 0 spiro atoms. The third-order valence-corrected chi connectivity index (χ3v) is 8.51. The number of hydrogen-bond acceptors (Lipinski definition) is 7. The standard InChI is InChI=1S/C42H73NO7/c1-6-8-10-12-14-16-18-20-22-24-26-28-30-32-40(44)49-37-38(36-48-35-34-39(42(46)47)43(3,4)5)50-41(45)33-31-29-27-25-23-21-19-17-15-13-11-9-7-2/h9,11,13,15,17,19-20,22,38-39H,6-8,10,12,14,16,18,21,23-37H2,1-5H3/b11-9+,15-13+,19-17+,22-20+. The average molecular weight is 704 g/mol. The van der Waals surface area contributed by atoms with Crippen LogP contribution in [0.2, 0.25) is 0 Å². The molecule has 0 radical (unpaired) electrons. The van der Waals surface area contributed by atoms with Crippen LogP contribution in [0.15, 0.2) is 48.6 Å². The molecule has 50 heavy (non-hydrogen) atoms. The second-order valence-electron chi connectivity index (χ2n) is 14.2. The van der Waals surface area contributed by atoms with Crippen LogP contribution in [0.1, 0.15) is 149 Å². The number of ether oxygens (including phenoxy) is 3. The smallest absolute Gasteiger partial charge is 0.306 e. The molecule has 0 heterocycles. The molecule has 0 saturated heterocycles. The molecule has 0 aromatic rings. The lowest BCUT2D eigenvalue weighted by atomic mass is 10.1. The first-order valence-electron chi connectivity index (χ1n) is 19.7. The van der Waals surface area contributed by atoms with Gasteiger partial charge in [0.1, 0.15) is 12.6 Å². The van der Waals surface area contributed by atoms with Crippen LogP contribution in [0.25, 0.3) is 0 Å². The normalized spacial score (nSPS) is 13.5. The second-order valence-corrected chi connectivity index (χ2v) is 14.2. The summed E-state index contributed by atoms with van der Waals surface area (Å²) in [5, 5.41) is 11.6. The van der Waals surface area contributed by atoms with Crippen molar-refractivity contribution in [3.05, 3.63) is 48.6 Å². The number of carboxylic acids is 1. The highest BCUT2D eigenvalue weighted by atomic mass is 16.6. The Kier molecular flexibility index (Phi) is 31.6. The zero-order chi connectivity index (χ0) is 37.1. The zero-order valence-electron chi connectivity index (χ0n) is 32.5. The highest BCUT2D eigenvalue weighted by molar-refractivity contribution is 5.70. The topological polar surface area (TPSA) is 102 Å². The molecule has 0 aliphatic rings. The van der Waals surface area contributed by atoms with Crippen molar-refractivity contribution in [3.8, 4) is 0 Å². The molecule has 2 unspecified atom stereocenters. The number of carboxylic acid groups (broad SMARTS) is 1. The molecule has 288 valence electrons. The molecule has 0 amide bonds. The molecule has 0 rings (SSSR count). The van der Waals surface area contributed by atoms with Gasteiger partial charge in [0.25, 0.3) is 0 Å². The van der Waals surface area contributed by atoms with Gasteiger partial charge in [-0.3, -0.25) is 9.59 Å². The van der Waals surface area contributed by atoms with E-state index in [9.17, 15) is 19.5 Å². The Morgan fingerprint density at radius 1 is 0.620 bits per heavy atom. The number of esters is 2. The van der Waals surface area contributed by atoms with Gasteiger partial charge in [-0.05, 0) is 57.8 Å². The minimum absolute atomic E-state index is 0.0264. The lowest BCUT2D eigenvalue weighted by Gasteiger charge is -2.34. The van der Waals surface area contributed by atoms with Crippen molar-refractivity contribution in [2.45, 2.75) is 161 Å². The number of carbonyl (C=O) groups excluding carboxylic acids is 3. The van der Waals surface area contributed by atoms with Gasteiger partial charge in [0.2, 0.25) is 0 Å². The van der Waals surface area contributed by atoms with Crippen molar-refractivity contribution in [1.29, 1.82) is 0 Å². The number of allylic oxidation sites excluding steroid dienone is 8. The van der Waals surface area contributed by atoms with E-state index >= 15 is 0 Å². The van der Waals surface area contributed by atoms with Crippen LogP contribution < -0.4 is 5.11 Å². The number of unbranched alkanes of at least 4 members (excludes halogenated alkanes) is 14. The fourth-order valence-corrected chi connectivity index (χ4v) is 5.42. The minimum atomic E-state index is -1.13. The molecule has 2 atom stereocenters. The molecule has 8 nitrogen and oxygen atoms in total. The Morgan fingerprint density at radius 3 is 1.72 bits per heavy atom. The maximum Gasteiger partial charge on any atom is 0.306 e. The van der Waals surface area contributed by atoms with E-state index in [-0.39, 0.29) is 42.7 Å². The van der Waals surface area contributed by atoms with Crippen LogP contribution in [0.5, 0.6) is 0 Å². The van der Waals surface area contributed by atoms with E-state index in [1.165, 1.54) is 38.5 Å². The summed E-state index contributed by atoms with van der Waals surface area (Å²) in [6.45, 7) is 4.46. The Morgan fingerprint density at radius 2 is 1.14 bits per heavy atom. The SMILES string of the molecule is CC/C=C/C=C/C=C/CCCCCCCC(=O)OC(COCCC(C(=O)[O-])[N+](C)(C)C)COC(=O)CCCCC/C=C/CCCCCCCC. The Bertz CT molecular complexity index is 964. The highest BCUT2D eigenvalue weighted by Gasteiger charge is 2.25. The van der Waals surface area contributed by atoms with Crippen molar-refractivity contribution >= 4 is 17.9 Å². The molecule has 0 N–H and O–H groups in total. The van der Waals surface area contributed by atoms with Gasteiger partial charge >= 0.3 is 11.9 Å². The first-order chi connectivity index (χ1) is 24.1. The van der Waals surface area contributed by atoms with Crippen molar-refractivity contribution in [2.24, 2.45) is 0 Å². The monoisotopic (exact) mass is 704 g/mol. The number of hydrogen-bond donors (Lipinski definition) is 0. The number of quaternary nitrogens is 1. The molecule has 0 saturated carbocycles. The van der Waals surface area contributed by atoms with E-state index in [0.717, 1.165) is 77.0 Å². The molecular formula is C42H73NO7. The van der Waals surface area contributed by atoms with Gasteiger partial charge in [0, 0.05) is 19.3 Å². The van der Waals surface area contributed by atoms with Gasteiger partial charge in [0.05, 0.1) is 40.3 Å². The summed E-state index contributed by atoms with van der Waals surface area (Å²) in [5.41, 5.74) is 0. The summed E-state index contributed by atoms with van der Waals surface area (Å²) in [6.07, 6.45) is 37.1. The maximum atomic E-state index is 12.6. The summed E-state index contributed by atoms with van der Waals surface area (Å²) in [4.78, 5) is 36.7. The van der Waals surface area contributed by atoms with Crippen LogP contribution in [-0.2, 0) is 28.6 Å². The van der Waals surface area contributed by atoms with Gasteiger partial charge < -0.3 is 28.6 Å². The van der Waals surface area contributed by atoms with Gasteiger partial charge in [0.15, 0.2) is 6.10 Å². The van der Waals surface area contributed by atoms with Gasteiger partial charge in [-0.2, -0.15) is 0 Å². The maximum absolute atomic E-state index is 12.6. The lowest BCUT2D eigenvalue weighted by Crippen LogP contribution is -2.55. The summed E-state index contributed by atoms with van der Waals surface area (Å²) in [6, 6.07) is -0.731. The van der Waals surface area contributed by atoms with E-state index in [0.29, 0.717) is 12.8 Å². The minimum Gasteiger partial charge on any atom is -0.544 e. The van der Waals surface area contributed by atoms with Crippen molar-refractivity contribution in [2.75, 3.05) is 41.0 Å². The second kappa shape index (κ2) is 33.4. The zero-order valence-corrected chi connectivity index (χ0v) is 32.5. The van der Waals surface area contributed by atoms with Crippen molar-refractivity contribution < 1.29 is 38.2 Å². The van der Waals surface area contributed by atoms with Gasteiger partial charge in [-0.1, -0.05) is 120 Å². The number of nitrogens with zero attached hydrogens (tertiary/aromatic N) is 1. The number of aliphatic carboxylic acids is 1. The lowest BCUT2D eigenvalue weighted by molar-refractivity contribution is -0.889. The fraction of sp³-hybridized carbons (Fsp3) is 0.738. The van der Waals surface area contributed by atoms with Crippen LogP contribution in [0, 0.1) is 0 Å². The van der Waals surface area contributed by atoms with E-state index in [2.05, 4.69) is 50.3 Å². The molecule has 0 aromatic heterocycles. The third kappa shape index (κ3) is 31.3. The van der Waals surface area contributed by atoms with E-state index in [1.54, 1.807) is 21.1 Å². The summed E-state index contributed by atoms with van der Waals surface area (Å²) in [5.74, 6) is -1.79. The summed E-state index contributed by atoms with van der Waals surface area (Å²) >= 11 is 0. The molecule has 8 heteroatoms. The Labute approximate surface area is 306 Å². The number of rotatable bonds is 34. The van der Waals surface area contributed by atoms with E-state index in [4.69, 9.17) is 14.2 Å². The van der Waals surface area contributed by atoms with Crippen LogP contribution >= 0.6 is 0 Å². The Hall–Kier alpha value is -2.71. The van der Waals surface area contributed by atoms with Gasteiger partial charge in [-0.25, -0.2) is 0 Å². The summed E-state index contributed by atoms with van der Waals surface area (Å²) < 4.78 is 17.1. The van der Waals surface area contributed by atoms with E-state index < -0.39 is 18.1 Å². The molecule has 0 bridgehead atoms. The third-order valence-electron chi connectivity index (χ3n) is 8.51. The predicted molar refractivity (Wildman–Crippen MR) is 203 cm³/mol. The molecule has 0 fully saturated rings. The molecule has 0 aromatic carbocycles. The van der Waals surface area contributed by atoms with Crippen LogP contribution in [-0.4, -0.2) is 75.5 Å². The van der Waals surface area contributed by atoms with Crippen LogP contribution in [0.4, 0.5) is 0 Å². The Balaban J connectivity index is 4.47. The van der Waals surface area contributed by atoms with Crippen molar-refractivity contribution in [1.82, 2.24) is 0 Å².